The molecule has 0 aliphatic heterocycles. The Balaban J connectivity index is 2.51. The van der Waals surface area contributed by atoms with Gasteiger partial charge < -0.3 is 4.52 Å². The Morgan fingerprint density at radius 3 is 2.94 bits per heavy atom. The summed E-state index contributed by atoms with van der Waals surface area (Å²) in [4.78, 5) is 4.37. The first-order valence-electron chi connectivity index (χ1n) is 5.03. The van der Waals surface area contributed by atoms with E-state index in [1.165, 1.54) is 0 Å². The van der Waals surface area contributed by atoms with Crippen LogP contribution in [0.15, 0.2) is 47.4 Å². The van der Waals surface area contributed by atoms with E-state index < -0.39 is 0 Å². The number of aromatic nitrogens is 3. The van der Waals surface area contributed by atoms with Crippen molar-refractivity contribution in [2.45, 2.75) is 0 Å². The molecule has 0 unspecified atom stereocenters. The summed E-state index contributed by atoms with van der Waals surface area (Å²) in [5.41, 5.74) is 2.76. The van der Waals surface area contributed by atoms with E-state index in [1.807, 2.05) is 34.9 Å². The molecule has 3 aromatic heterocycles. The van der Waals surface area contributed by atoms with Crippen molar-refractivity contribution in [1.82, 2.24) is 14.5 Å². The minimum absolute atomic E-state index is 0.876. The molecular weight excluding hydrogens is 202 g/mol. The first kappa shape index (κ1) is 7.87. The van der Waals surface area contributed by atoms with Crippen LogP contribution in [0.2, 0.25) is 0 Å². The smallest absolute Gasteiger partial charge is 0.148 e. The first-order valence-corrected chi connectivity index (χ1v) is 5.03. The number of benzene rings is 1. The van der Waals surface area contributed by atoms with Crippen molar-refractivity contribution in [1.29, 1.82) is 0 Å². The number of nitrogens with zero attached hydrogens (tertiary/aromatic N) is 3. The summed E-state index contributed by atoms with van der Waals surface area (Å²) in [6.45, 7) is 0. The normalized spacial score (nSPS) is 11.8. The lowest BCUT2D eigenvalue weighted by Crippen LogP contribution is -1.87. The van der Waals surface area contributed by atoms with Gasteiger partial charge in [0.05, 0.1) is 0 Å². The lowest BCUT2D eigenvalue weighted by molar-refractivity contribution is 0.428. The monoisotopic (exact) mass is 209 g/mol. The van der Waals surface area contributed by atoms with Crippen LogP contribution in [-0.4, -0.2) is 14.5 Å². The number of hydrogen-bond donors (Lipinski definition) is 0. The van der Waals surface area contributed by atoms with Gasteiger partial charge in [-0.1, -0.05) is 29.4 Å². The highest BCUT2D eigenvalue weighted by Gasteiger charge is 2.10. The number of imidazole rings is 1. The Morgan fingerprint density at radius 2 is 2.00 bits per heavy atom. The van der Waals surface area contributed by atoms with Gasteiger partial charge in [0.15, 0.2) is 0 Å². The predicted molar refractivity (Wildman–Crippen MR) is 60.3 cm³/mol. The standard InChI is InChI=1S/C12H7N3O/c1-2-4-9-8(3-1)11-10(7-16-14-11)15-6-5-13-12(9)15/h1-7H. The summed E-state index contributed by atoms with van der Waals surface area (Å²) in [7, 11) is 0. The molecule has 4 rings (SSSR count). The third-order valence-corrected chi connectivity index (χ3v) is 2.87. The van der Waals surface area contributed by atoms with E-state index in [0.717, 1.165) is 27.5 Å². The molecule has 0 saturated carbocycles. The van der Waals surface area contributed by atoms with Gasteiger partial charge in [0.1, 0.15) is 22.9 Å². The highest BCUT2D eigenvalue weighted by Crippen LogP contribution is 2.27. The molecular formula is C12H7N3O. The fraction of sp³-hybridized carbons (Fsp3) is 0. The minimum Gasteiger partial charge on any atom is -0.362 e. The molecule has 0 spiro atoms. The van der Waals surface area contributed by atoms with Gasteiger partial charge in [0.2, 0.25) is 0 Å². The van der Waals surface area contributed by atoms with E-state index in [9.17, 15) is 0 Å². The van der Waals surface area contributed by atoms with Crippen molar-refractivity contribution in [2.24, 2.45) is 0 Å². The molecule has 76 valence electrons. The van der Waals surface area contributed by atoms with Gasteiger partial charge in [-0.2, -0.15) is 0 Å². The number of pyridine rings is 1. The second-order valence-corrected chi connectivity index (χ2v) is 3.71. The molecule has 4 aromatic rings. The van der Waals surface area contributed by atoms with E-state index in [1.54, 1.807) is 12.5 Å². The van der Waals surface area contributed by atoms with Crippen molar-refractivity contribution >= 4 is 27.5 Å². The van der Waals surface area contributed by atoms with Crippen LogP contribution in [0.4, 0.5) is 0 Å². The van der Waals surface area contributed by atoms with E-state index in [-0.39, 0.29) is 0 Å². The Bertz CT molecular complexity index is 744. The molecule has 16 heavy (non-hydrogen) atoms. The summed E-state index contributed by atoms with van der Waals surface area (Å²) in [6.07, 6.45) is 5.35. The maximum atomic E-state index is 5.05. The first-order chi connectivity index (χ1) is 7.95. The molecule has 0 fully saturated rings. The van der Waals surface area contributed by atoms with Crippen molar-refractivity contribution in [3.63, 3.8) is 0 Å². The summed E-state index contributed by atoms with van der Waals surface area (Å²) < 4.78 is 7.05. The summed E-state index contributed by atoms with van der Waals surface area (Å²) in [5, 5.41) is 6.22. The number of fused-ring (bicyclic) bond motifs is 6. The van der Waals surface area contributed by atoms with Gasteiger partial charge in [0, 0.05) is 23.2 Å². The van der Waals surface area contributed by atoms with Gasteiger partial charge in [-0.25, -0.2) is 4.98 Å². The lowest BCUT2D eigenvalue weighted by Gasteiger charge is -2.01. The van der Waals surface area contributed by atoms with Crippen molar-refractivity contribution in [2.75, 3.05) is 0 Å². The highest BCUT2D eigenvalue weighted by molar-refractivity contribution is 6.09. The maximum absolute atomic E-state index is 5.05. The molecule has 0 bridgehead atoms. The fourth-order valence-corrected chi connectivity index (χ4v) is 2.17. The van der Waals surface area contributed by atoms with Gasteiger partial charge in [0.25, 0.3) is 0 Å². The maximum Gasteiger partial charge on any atom is 0.148 e. The average molecular weight is 209 g/mol. The number of hydrogen-bond acceptors (Lipinski definition) is 3. The Hall–Kier alpha value is -2.36. The molecule has 4 nitrogen and oxygen atoms in total. The van der Waals surface area contributed by atoms with Crippen LogP contribution in [0.1, 0.15) is 0 Å². The van der Waals surface area contributed by atoms with Gasteiger partial charge in [-0.3, -0.25) is 4.40 Å². The number of rotatable bonds is 0. The van der Waals surface area contributed by atoms with Crippen molar-refractivity contribution < 1.29 is 4.52 Å². The molecule has 4 heteroatoms. The Labute approximate surface area is 90.1 Å². The summed E-state index contributed by atoms with van der Waals surface area (Å²) >= 11 is 0. The largest absolute Gasteiger partial charge is 0.362 e. The molecule has 0 atom stereocenters. The minimum atomic E-state index is 0.876. The molecule has 1 aromatic carbocycles. The van der Waals surface area contributed by atoms with Crippen molar-refractivity contribution in [3.05, 3.63) is 42.9 Å². The molecule has 0 amide bonds. The average Bonchev–Trinajstić information content (AvgIpc) is 2.98. The molecule has 0 aliphatic rings. The summed E-state index contributed by atoms with van der Waals surface area (Å²) in [6, 6.07) is 8.08. The zero-order valence-corrected chi connectivity index (χ0v) is 8.29. The van der Waals surface area contributed by atoms with Crippen LogP contribution >= 0.6 is 0 Å². The zero-order chi connectivity index (χ0) is 10.5. The van der Waals surface area contributed by atoms with E-state index >= 15 is 0 Å². The van der Waals surface area contributed by atoms with Crippen LogP contribution in [-0.2, 0) is 0 Å². The molecule has 0 N–H and O–H groups in total. The molecule has 0 saturated heterocycles. The molecule has 0 radical (unpaired) electrons. The van der Waals surface area contributed by atoms with Crippen LogP contribution in [0.25, 0.3) is 27.5 Å². The SMILES string of the molecule is c1ccc2c(c1)c1nocc1n1ccnc21. The Kier molecular flexibility index (Phi) is 1.28. The quantitative estimate of drug-likeness (QED) is 0.447. The third-order valence-electron chi connectivity index (χ3n) is 2.87. The third kappa shape index (κ3) is 0.798. The van der Waals surface area contributed by atoms with E-state index in [4.69, 9.17) is 4.52 Å². The second kappa shape index (κ2) is 2.61. The van der Waals surface area contributed by atoms with Crippen LogP contribution < -0.4 is 0 Å². The van der Waals surface area contributed by atoms with Gasteiger partial charge in [-0.15, -0.1) is 0 Å². The topological polar surface area (TPSA) is 43.3 Å². The lowest BCUT2D eigenvalue weighted by atomic mass is 10.1. The van der Waals surface area contributed by atoms with Crippen molar-refractivity contribution in [3.8, 4) is 0 Å². The fourth-order valence-electron chi connectivity index (χ4n) is 2.17. The zero-order valence-electron chi connectivity index (χ0n) is 8.29. The van der Waals surface area contributed by atoms with Crippen LogP contribution in [0.5, 0.6) is 0 Å². The molecule has 0 aliphatic carbocycles. The van der Waals surface area contributed by atoms with E-state index in [0.29, 0.717) is 0 Å². The second-order valence-electron chi connectivity index (χ2n) is 3.71. The van der Waals surface area contributed by atoms with Crippen LogP contribution in [0.3, 0.4) is 0 Å². The van der Waals surface area contributed by atoms with Gasteiger partial charge >= 0.3 is 0 Å². The predicted octanol–water partition coefficient (Wildman–Crippen LogP) is 2.63. The summed E-state index contributed by atoms with van der Waals surface area (Å²) in [5.74, 6) is 0. The highest BCUT2D eigenvalue weighted by atomic mass is 16.5. The Morgan fingerprint density at radius 1 is 1.12 bits per heavy atom. The van der Waals surface area contributed by atoms with Gasteiger partial charge in [-0.05, 0) is 0 Å². The van der Waals surface area contributed by atoms with Crippen LogP contribution in [0, 0.1) is 0 Å². The molecule has 3 heterocycles. The van der Waals surface area contributed by atoms with E-state index in [2.05, 4.69) is 10.1 Å².